The summed E-state index contributed by atoms with van der Waals surface area (Å²) < 4.78 is 26.6. The quantitative estimate of drug-likeness (QED) is 0.826. The Labute approximate surface area is 121 Å². The molecule has 0 saturated heterocycles. The molecule has 0 atom stereocenters. The maximum atomic E-state index is 12.0. The van der Waals surface area contributed by atoms with Crippen molar-refractivity contribution in [3.8, 4) is 0 Å². The molecule has 0 fully saturated rings. The van der Waals surface area contributed by atoms with Crippen molar-refractivity contribution in [2.75, 3.05) is 12.4 Å². The van der Waals surface area contributed by atoms with Gasteiger partial charge in [0.1, 0.15) is 9.90 Å². The van der Waals surface area contributed by atoms with E-state index in [9.17, 15) is 8.42 Å². The van der Waals surface area contributed by atoms with E-state index in [2.05, 4.69) is 25.0 Å². The zero-order valence-corrected chi connectivity index (χ0v) is 12.8. The van der Waals surface area contributed by atoms with Gasteiger partial charge >= 0.3 is 0 Å². The highest BCUT2D eigenvalue weighted by Crippen LogP contribution is 2.14. The summed E-state index contributed by atoms with van der Waals surface area (Å²) in [5.41, 5.74) is 0. The van der Waals surface area contributed by atoms with Gasteiger partial charge in [-0.2, -0.15) is 0 Å². The van der Waals surface area contributed by atoms with Gasteiger partial charge in [-0.25, -0.2) is 28.1 Å². The molecule has 0 radical (unpaired) electrons. The van der Waals surface area contributed by atoms with E-state index in [1.54, 1.807) is 13.2 Å². The number of nitrogens with zero attached hydrogens (tertiary/aromatic N) is 3. The van der Waals surface area contributed by atoms with Crippen molar-refractivity contribution >= 4 is 27.3 Å². The Morgan fingerprint density at radius 3 is 2.45 bits per heavy atom. The summed E-state index contributed by atoms with van der Waals surface area (Å²) in [6.45, 7) is 2.20. The van der Waals surface area contributed by atoms with E-state index >= 15 is 0 Å². The smallest absolute Gasteiger partial charge is 0.244 e. The number of sulfonamides is 1. The highest BCUT2D eigenvalue weighted by Gasteiger charge is 2.15. The molecule has 0 aliphatic rings. The lowest BCUT2D eigenvalue weighted by atomic mass is 10.4. The molecule has 20 heavy (non-hydrogen) atoms. The number of hydrogen-bond donors (Lipinski definition) is 2. The Hall–Kier alpha value is -1.58. The third-order valence-electron chi connectivity index (χ3n) is 2.53. The van der Waals surface area contributed by atoms with Gasteiger partial charge in [-0.1, -0.05) is 6.92 Å². The summed E-state index contributed by atoms with van der Waals surface area (Å²) in [5.74, 6) is 0.372. The lowest BCUT2D eigenvalue weighted by Gasteiger charge is -2.05. The van der Waals surface area contributed by atoms with Crippen molar-refractivity contribution < 1.29 is 8.42 Å². The summed E-state index contributed by atoms with van der Waals surface area (Å²) >= 11 is 1.50. The van der Waals surface area contributed by atoms with Crippen LogP contribution in [0.15, 0.2) is 23.5 Å². The van der Waals surface area contributed by atoms with E-state index in [1.165, 1.54) is 23.7 Å². The summed E-state index contributed by atoms with van der Waals surface area (Å²) in [5, 5.41) is 3.46. The van der Waals surface area contributed by atoms with Crippen molar-refractivity contribution in [2.24, 2.45) is 0 Å². The van der Waals surface area contributed by atoms with Crippen LogP contribution in [0.3, 0.4) is 0 Å². The zero-order valence-electron chi connectivity index (χ0n) is 11.1. The minimum absolute atomic E-state index is 0.0313. The van der Waals surface area contributed by atoms with Gasteiger partial charge in [-0.3, -0.25) is 0 Å². The van der Waals surface area contributed by atoms with Crippen LogP contribution in [0.2, 0.25) is 0 Å². The Kier molecular flexibility index (Phi) is 4.63. The molecule has 9 heteroatoms. The van der Waals surface area contributed by atoms with Gasteiger partial charge in [0.05, 0.1) is 18.9 Å². The van der Waals surface area contributed by atoms with Crippen LogP contribution >= 0.6 is 11.3 Å². The highest BCUT2D eigenvalue weighted by molar-refractivity contribution is 7.89. The van der Waals surface area contributed by atoms with Gasteiger partial charge in [0, 0.05) is 18.1 Å². The lowest BCUT2D eigenvalue weighted by Crippen LogP contribution is -2.23. The number of thiazole rings is 1. The largest absolute Gasteiger partial charge is 0.357 e. The Balaban J connectivity index is 2.06. The van der Waals surface area contributed by atoms with Gasteiger partial charge in [-0.05, 0) is 6.42 Å². The van der Waals surface area contributed by atoms with Gasteiger partial charge in [0.25, 0.3) is 0 Å². The number of rotatable bonds is 6. The first-order valence-electron chi connectivity index (χ1n) is 5.98. The number of aryl methyl sites for hydroxylation is 1. The van der Waals surface area contributed by atoms with E-state index in [0.717, 1.165) is 16.3 Å². The van der Waals surface area contributed by atoms with Crippen LogP contribution in [0.25, 0.3) is 0 Å². The fourth-order valence-electron chi connectivity index (χ4n) is 1.42. The molecule has 2 N–H and O–H groups in total. The zero-order chi connectivity index (χ0) is 14.6. The third kappa shape index (κ3) is 3.50. The summed E-state index contributed by atoms with van der Waals surface area (Å²) in [7, 11) is -1.95. The molecule has 2 aromatic rings. The molecule has 2 heterocycles. The number of aromatic nitrogens is 3. The second kappa shape index (κ2) is 6.25. The first-order chi connectivity index (χ1) is 9.55. The maximum absolute atomic E-state index is 12.0. The van der Waals surface area contributed by atoms with Crippen molar-refractivity contribution in [2.45, 2.75) is 24.8 Å². The average Bonchev–Trinajstić information content (AvgIpc) is 2.93. The second-order valence-corrected chi connectivity index (χ2v) is 6.86. The van der Waals surface area contributed by atoms with E-state index in [1.807, 2.05) is 6.92 Å². The van der Waals surface area contributed by atoms with E-state index < -0.39 is 10.0 Å². The summed E-state index contributed by atoms with van der Waals surface area (Å²) in [6, 6.07) is 0. The topological polar surface area (TPSA) is 96.9 Å². The molecule has 0 spiro atoms. The Morgan fingerprint density at radius 1 is 1.20 bits per heavy atom. The van der Waals surface area contributed by atoms with Gasteiger partial charge in [0.15, 0.2) is 0 Å². The van der Waals surface area contributed by atoms with E-state index in [0.29, 0.717) is 5.95 Å². The van der Waals surface area contributed by atoms with Gasteiger partial charge in [0.2, 0.25) is 16.0 Å². The predicted molar refractivity (Wildman–Crippen MR) is 77.1 cm³/mol. The molecule has 0 aliphatic carbocycles. The second-order valence-electron chi connectivity index (χ2n) is 3.89. The van der Waals surface area contributed by atoms with E-state index in [4.69, 9.17) is 0 Å². The molecule has 2 aromatic heterocycles. The molecule has 2 rings (SSSR count). The minimum Gasteiger partial charge on any atom is -0.357 e. The third-order valence-corrected chi connectivity index (χ3v) is 5.02. The van der Waals surface area contributed by atoms with Crippen molar-refractivity contribution in [3.05, 3.63) is 28.5 Å². The van der Waals surface area contributed by atoms with E-state index in [-0.39, 0.29) is 11.4 Å². The predicted octanol–water partition coefficient (Wildman–Crippen LogP) is 1.02. The van der Waals surface area contributed by atoms with Crippen LogP contribution in [0, 0.1) is 0 Å². The van der Waals surface area contributed by atoms with Gasteiger partial charge < -0.3 is 5.32 Å². The van der Waals surface area contributed by atoms with Crippen LogP contribution in [0.1, 0.15) is 16.8 Å². The molecule has 0 unspecified atom stereocenters. The number of hydrogen-bond acceptors (Lipinski definition) is 7. The Morgan fingerprint density at radius 2 is 1.90 bits per heavy atom. The van der Waals surface area contributed by atoms with Crippen molar-refractivity contribution in [1.29, 1.82) is 0 Å². The number of nitrogens with one attached hydrogen (secondary N) is 2. The van der Waals surface area contributed by atoms with Crippen LogP contribution < -0.4 is 10.0 Å². The molecular formula is C11H15N5O2S2. The highest BCUT2D eigenvalue weighted by atomic mass is 32.2. The van der Waals surface area contributed by atoms with Crippen molar-refractivity contribution in [3.63, 3.8) is 0 Å². The van der Waals surface area contributed by atoms with Gasteiger partial charge in [-0.15, -0.1) is 11.3 Å². The fraction of sp³-hybridized carbons (Fsp3) is 0.364. The lowest BCUT2D eigenvalue weighted by molar-refractivity contribution is 0.580. The monoisotopic (exact) mass is 313 g/mol. The van der Waals surface area contributed by atoms with Crippen LogP contribution in [0.5, 0.6) is 0 Å². The SMILES string of the molecule is CCc1cnc(CNS(=O)(=O)c2cnc(NC)nc2)s1. The molecule has 0 aromatic carbocycles. The Bertz CT molecular complexity index is 666. The fourth-order valence-corrected chi connectivity index (χ4v) is 3.19. The molecule has 0 amide bonds. The van der Waals surface area contributed by atoms with Crippen molar-refractivity contribution in [1.82, 2.24) is 19.7 Å². The molecule has 108 valence electrons. The average molecular weight is 313 g/mol. The first-order valence-corrected chi connectivity index (χ1v) is 8.28. The number of anilines is 1. The molecule has 0 bridgehead atoms. The molecular weight excluding hydrogens is 298 g/mol. The van der Waals surface area contributed by atoms with Crippen LogP contribution in [0.4, 0.5) is 5.95 Å². The normalized spacial score (nSPS) is 11.5. The molecule has 7 nitrogen and oxygen atoms in total. The maximum Gasteiger partial charge on any atom is 0.244 e. The molecule has 0 saturated carbocycles. The van der Waals surface area contributed by atoms with Crippen LogP contribution in [-0.2, 0) is 23.0 Å². The first kappa shape index (κ1) is 14.8. The standard InChI is InChI=1S/C11H15N5O2S2/c1-3-8-4-13-10(19-8)7-16-20(17,18)9-5-14-11(12-2)15-6-9/h4-6,16H,3,7H2,1-2H3,(H,12,14,15). The minimum atomic E-state index is -3.62. The molecule has 0 aliphatic heterocycles. The van der Waals surface area contributed by atoms with Crippen LogP contribution in [-0.4, -0.2) is 30.4 Å². The summed E-state index contributed by atoms with van der Waals surface area (Å²) in [6.07, 6.45) is 5.18. The summed E-state index contributed by atoms with van der Waals surface area (Å²) in [4.78, 5) is 13.1.